The van der Waals surface area contributed by atoms with Gasteiger partial charge < -0.3 is 5.73 Å². The highest BCUT2D eigenvalue weighted by molar-refractivity contribution is 9.10. The fraction of sp³-hybridized carbons (Fsp3) is 0. The summed E-state index contributed by atoms with van der Waals surface area (Å²) in [4.78, 5) is 4.34. The molecule has 5 heteroatoms. The third-order valence-corrected chi connectivity index (χ3v) is 4.60. The monoisotopic (exact) mass is 402 g/mol. The van der Waals surface area contributed by atoms with Gasteiger partial charge in [0.2, 0.25) is 0 Å². The molecule has 0 atom stereocenters. The van der Waals surface area contributed by atoms with Crippen LogP contribution < -0.4 is 5.73 Å². The Kier molecular flexibility index (Phi) is 4.46. The van der Waals surface area contributed by atoms with Gasteiger partial charge in [-0.15, -0.1) is 5.11 Å². The van der Waals surface area contributed by atoms with Crippen molar-refractivity contribution in [2.75, 3.05) is 5.73 Å². The zero-order valence-electron chi connectivity index (χ0n) is 13.8. The van der Waals surface area contributed by atoms with E-state index in [1.807, 2.05) is 67.0 Å². The number of rotatable bonds is 3. The van der Waals surface area contributed by atoms with Crippen molar-refractivity contribution < 1.29 is 0 Å². The molecule has 4 aromatic rings. The molecular weight excluding hydrogens is 388 g/mol. The summed E-state index contributed by atoms with van der Waals surface area (Å²) in [7, 11) is 0. The Balaban J connectivity index is 1.63. The van der Waals surface area contributed by atoms with E-state index in [2.05, 4.69) is 43.3 Å². The first-order valence-electron chi connectivity index (χ1n) is 8.11. The van der Waals surface area contributed by atoms with Crippen LogP contribution in [0, 0.1) is 0 Å². The van der Waals surface area contributed by atoms with E-state index in [-0.39, 0.29) is 0 Å². The van der Waals surface area contributed by atoms with Gasteiger partial charge in [0.15, 0.2) is 0 Å². The molecule has 2 N–H and O–H groups in total. The normalized spacial score (nSPS) is 11.3. The van der Waals surface area contributed by atoms with E-state index < -0.39 is 0 Å². The molecule has 0 aliphatic carbocycles. The molecule has 0 aliphatic rings. The van der Waals surface area contributed by atoms with Gasteiger partial charge in [0.1, 0.15) is 5.69 Å². The second-order valence-electron chi connectivity index (χ2n) is 5.86. The Morgan fingerprint density at radius 2 is 1.65 bits per heavy atom. The van der Waals surface area contributed by atoms with Crippen molar-refractivity contribution in [1.82, 2.24) is 4.98 Å². The predicted molar refractivity (Wildman–Crippen MR) is 110 cm³/mol. The van der Waals surface area contributed by atoms with Crippen LogP contribution in [-0.4, -0.2) is 4.98 Å². The van der Waals surface area contributed by atoms with Gasteiger partial charge in [-0.1, -0.05) is 52.3 Å². The Morgan fingerprint density at radius 3 is 2.46 bits per heavy atom. The minimum absolute atomic E-state index is 0.585. The number of halogens is 1. The number of azo groups is 1. The molecule has 0 spiro atoms. The molecule has 0 radical (unpaired) electrons. The molecule has 26 heavy (non-hydrogen) atoms. The van der Waals surface area contributed by atoms with Crippen LogP contribution in [-0.2, 0) is 0 Å². The molecule has 4 rings (SSSR count). The number of nitrogen functional groups attached to an aromatic ring is 1. The number of benzene rings is 3. The van der Waals surface area contributed by atoms with Crippen molar-refractivity contribution in [3.05, 3.63) is 83.6 Å². The highest BCUT2D eigenvalue weighted by atomic mass is 79.9. The van der Waals surface area contributed by atoms with Gasteiger partial charge in [0, 0.05) is 27.8 Å². The molecule has 0 saturated heterocycles. The number of hydrogen-bond donors (Lipinski definition) is 1. The first-order valence-corrected chi connectivity index (χ1v) is 8.90. The van der Waals surface area contributed by atoms with Crippen LogP contribution in [0.2, 0.25) is 0 Å². The minimum Gasteiger partial charge on any atom is -0.397 e. The zero-order valence-corrected chi connectivity index (χ0v) is 15.4. The van der Waals surface area contributed by atoms with Crippen LogP contribution in [0.4, 0.5) is 17.1 Å². The smallest absolute Gasteiger partial charge is 0.109 e. The lowest BCUT2D eigenvalue weighted by molar-refractivity contribution is 1.23. The number of nitrogens with zero attached hydrogens (tertiary/aromatic N) is 3. The minimum atomic E-state index is 0.585. The maximum Gasteiger partial charge on any atom is 0.109 e. The van der Waals surface area contributed by atoms with E-state index in [0.717, 1.165) is 26.7 Å². The molecular formula is C21H15BrN4. The van der Waals surface area contributed by atoms with Crippen LogP contribution in [0.3, 0.4) is 0 Å². The molecule has 0 fully saturated rings. The van der Waals surface area contributed by atoms with Crippen LogP contribution in [0.25, 0.3) is 21.9 Å². The summed E-state index contributed by atoms with van der Waals surface area (Å²) in [6.07, 6.45) is 3.77. The maximum absolute atomic E-state index is 5.95. The Labute approximate surface area is 159 Å². The molecule has 0 unspecified atom stereocenters. The van der Waals surface area contributed by atoms with Crippen molar-refractivity contribution in [3.8, 4) is 11.1 Å². The summed E-state index contributed by atoms with van der Waals surface area (Å²) in [5, 5.41) is 10.8. The fourth-order valence-electron chi connectivity index (χ4n) is 2.78. The topological polar surface area (TPSA) is 63.6 Å². The van der Waals surface area contributed by atoms with Gasteiger partial charge >= 0.3 is 0 Å². The van der Waals surface area contributed by atoms with E-state index in [1.165, 1.54) is 5.39 Å². The van der Waals surface area contributed by atoms with Gasteiger partial charge in [-0.05, 0) is 41.3 Å². The number of hydrogen-bond acceptors (Lipinski definition) is 4. The van der Waals surface area contributed by atoms with Crippen molar-refractivity contribution in [2.45, 2.75) is 0 Å². The molecule has 1 aromatic heterocycles. The second-order valence-corrected chi connectivity index (χ2v) is 6.77. The van der Waals surface area contributed by atoms with Gasteiger partial charge in [-0.2, -0.15) is 5.11 Å². The first-order chi connectivity index (χ1) is 12.7. The third-order valence-electron chi connectivity index (χ3n) is 4.11. The molecule has 0 saturated carbocycles. The molecule has 0 amide bonds. The number of fused-ring (bicyclic) bond motifs is 1. The van der Waals surface area contributed by atoms with E-state index in [1.54, 1.807) is 0 Å². The lowest BCUT2D eigenvalue weighted by atomic mass is 10.0. The first kappa shape index (κ1) is 16.4. The van der Waals surface area contributed by atoms with Crippen molar-refractivity contribution in [2.24, 2.45) is 10.2 Å². The summed E-state index contributed by atoms with van der Waals surface area (Å²) in [6, 6.07) is 21.7. The predicted octanol–water partition coefficient (Wildman–Crippen LogP) is 6.66. The highest BCUT2D eigenvalue weighted by Gasteiger charge is 2.04. The van der Waals surface area contributed by atoms with Gasteiger partial charge in [0.25, 0.3) is 0 Å². The van der Waals surface area contributed by atoms with E-state index >= 15 is 0 Å². The Morgan fingerprint density at radius 1 is 0.846 bits per heavy atom. The number of aromatic nitrogens is 1. The third kappa shape index (κ3) is 3.34. The summed E-state index contributed by atoms with van der Waals surface area (Å²) in [5.41, 5.74) is 10.1. The van der Waals surface area contributed by atoms with Gasteiger partial charge in [0.05, 0.1) is 11.4 Å². The van der Waals surface area contributed by atoms with E-state index in [4.69, 9.17) is 5.73 Å². The maximum atomic E-state index is 5.95. The molecule has 126 valence electrons. The largest absolute Gasteiger partial charge is 0.397 e. The van der Waals surface area contributed by atoms with Crippen LogP contribution in [0.15, 0.2) is 93.8 Å². The molecule has 4 nitrogen and oxygen atoms in total. The number of pyridine rings is 1. The quantitative estimate of drug-likeness (QED) is 0.307. The summed E-state index contributed by atoms with van der Waals surface area (Å²) < 4.78 is 0.919. The lowest BCUT2D eigenvalue weighted by Crippen LogP contribution is -1.84. The number of anilines is 1. The summed E-state index contributed by atoms with van der Waals surface area (Å²) >= 11 is 3.38. The van der Waals surface area contributed by atoms with Crippen LogP contribution in [0.5, 0.6) is 0 Å². The van der Waals surface area contributed by atoms with E-state index in [0.29, 0.717) is 11.4 Å². The van der Waals surface area contributed by atoms with Crippen molar-refractivity contribution in [1.29, 1.82) is 0 Å². The van der Waals surface area contributed by atoms with E-state index in [9.17, 15) is 0 Å². The molecule has 0 bridgehead atoms. The highest BCUT2D eigenvalue weighted by Crippen LogP contribution is 2.30. The summed E-state index contributed by atoms with van der Waals surface area (Å²) in [5.74, 6) is 0. The average molecular weight is 403 g/mol. The van der Waals surface area contributed by atoms with Gasteiger partial charge in [-0.25, -0.2) is 0 Å². The fourth-order valence-corrected chi connectivity index (χ4v) is 3.16. The van der Waals surface area contributed by atoms with Crippen molar-refractivity contribution in [3.63, 3.8) is 0 Å². The Bertz CT molecular complexity index is 1100. The second kappa shape index (κ2) is 7.06. The van der Waals surface area contributed by atoms with Gasteiger partial charge in [-0.3, -0.25) is 4.98 Å². The lowest BCUT2D eigenvalue weighted by Gasteiger charge is -2.06. The van der Waals surface area contributed by atoms with Crippen LogP contribution >= 0.6 is 15.9 Å². The molecule has 0 aliphatic heterocycles. The number of nitrogens with two attached hydrogens (primary N) is 1. The standard InChI is InChI=1S/C21H15BrN4/c22-16-7-10-21(20(23)11-16)26-25-17-8-5-14(6-9-17)19-13-24-12-15-3-1-2-4-18(15)19/h1-13H,23H2. The average Bonchev–Trinajstić information content (AvgIpc) is 2.67. The van der Waals surface area contributed by atoms with Crippen molar-refractivity contribution >= 4 is 43.8 Å². The molecule has 1 heterocycles. The molecule has 3 aromatic carbocycles. The Hall–Kier alpha value is -3.05. The summed E-state index contributed by atoms with van der Waals surface area (Å²) in [6.45, 7) is 0. The zero-order chi connectivity index (χ0) is 17.9. The SMILES string of the molecule is Nc1cc(Br)ccc1N=Nc1ccc(-c2cncc3ccccc23)cc1. The van der Waals surface area contributed by atoms with Crippen LogP contribution in [0.1, 0.15) is 0 Å².